The molecule has 3 aromatic heterocycles. The van der Waals surface area contributed by atoms with E-state index in [1.807, 2.05) is 6.92 Å². The highest BCUT2D eigenvalue weighted by molar-refractivity contribution is 5.77. The lowest BCUT2D eigenvalue weighted by Gasteiger charge is -2.34. The molecule has 0 saturated carbocycles. The molecule has 0 atom stereocenters. The van der Waals surface area contributed by atoms with Crippen LogP contribution in [0.15, 0.2) is 33.7 Å². The minimum absolute atomic E-state index is 0.0285. The molecule has 0 unspecified atom stereocenters. The van der Waals surface area contributed by atoms with Crippen LogP contribution >= 0.6 is 0 Å². The fourth-order valence-electron chi connectivity index (χ4n) is 3.01. The number of rotatable bonds is 7. The van der Waals surface area contributed by atoms with Gasteiger partial charge in [0.1, 0.15) is 24.6 Å². The maximum Gasteiger partial charge on any atom is 0.252 e. The van der Waals surface area contributed by atoms with E-state index < -0.39 is 0 Å². The van der Waals surface area contributed by atoms with Gasteiger partial charge < -0.3 is 14.2 Å². The van der Waals surface area contributed by atoms with Crippen LogP contribution in [0.2, 0.25) is 0 Å². The predicted octanol–water partition coefficient (Wildman–Crippen LogP) is 0.684. The van der Waals surface area contributed by atoms with Crippen LogP contribution in [-0.2, 0) is 22.7 Å². The van der Waals surface area contributed by atoms with E-state index in [-0.39, 0.29) is 19.1 Å². The topological polar surface area (TPSA) is 124 Å². The summed E-state index contributed by atoms with van der Waals surface area (Å²) in [6.45, 7) is 5.39. The number of ether oxygens (including phenoxy) is 1. The second-order valence-corrected chi connectivity index (χ2v) is 6.69. The van der Waals surface area contributed by atoms with Crippen molar-refractivity contribution in [1.29, 1.82) is 0 Å². The molecule has 1 aliphatic rings. The molecule has 1 saturated heterocycles. The van der Waals surface area contributed by atoms with Gasteiger partial charge in [-0.3, -0.25) is 14.7 Å². The van der Waals surface area contributed by atoms with Crippen LogP contribution in [0.25, 0.3) is 11.4 Å². The van der Waals surface area contributed by atoms with Crippen molar-refractivity contribution >= 4 is 5.91 Å². The van der Waals surface area contributed by atoms with Crippen molar-refractivity contribution in [3.8, 4) is 11.4 Å². The van der Waals surface area contributed by atoms with Crippen LogP contribution in [0.5, 0.6) is 0 Å². The molecule has 0 N–H and O–H groups in total. The Balaban J connectivity index is 1.19. The molecule has 1 aliphatic heterocycles. The Labute approximate surface area is 166 Å². The predicted molar refractivity (Wildman–Crippen MR) is 98.1 cm³/mol. The first-order chi connectivity index (χ1) is 14.2. The molecule has 0 aliphatic carbocycles. The van der Waals surface area contributed by atoms with Gasteiger partial charge in [-0.15, -0.1) is 0 Å². The Morgan fingerprint density at radius 3 is 2.66 bits per heavy atom. The number of amides is 1. The summed E-state index contributed by atoms with van der Waals surface area (Å²) >= 11 is 0. The Kier molecular flexibility index (Phi) is 5.86. The standard InChI is InChI=1S/C18H21N7O4/c1-13-15(22-29-21-13)10-24-6-8-25(9-7-24)17(26)12-27-11-16-20-18(23-28-16)14-2-4-19-5-3-14/h2-5H,6-12H2,1H3. The Bertz CT molecular complexity index is 935. The number of aromatic nitrogens is 5. The second kappa shape index (κ2) is 8.88. The number of hydrogen-bond acceptors (Lipinski definition) is 10. The van der Waals surface area contributed by atoms with Gasteiger partial charge in [0, 0.05) is 50.7 Å². The van der Waals surface area contributed by atoms with E-state index in [1.54, 1.807) is 29.4 Å². The van der Waals surface area contributed by atoms with Crippen molar-refractivity contribution in [2.75, 3.05) is 32.8 Å². The van der Waals surface area contributed by atoms with E-state index in [0.29, 0.717) is 31.3 Å². The molecule has 0 spiro atoms. The van der Waals surface area contributed by atoms with Crippen molar-refractivity contribution in [2.24, 2.45) is 0 Å². The molecule has 4 heterocycles. The highest BCUT2D eigenvalue weighted by atomic mass is 16.6. The largest absolute Gasteiger partial charge is 0.362 e. The Morgan fingerprint density at radius 2 is 1.93 bits per heavy atom. The second-order valence-electron chi connectivity index (χ2n) is 6.69. The molecule has 11 nitrogen and oxygen atoms in total. The summed E-state index contributed by atoms with van der Waals surface area (Å²) in [5.74, 6) is 0.731. The summed E-state index contributed by atoms with van der Waals surface area (Å²) < 4.78 is 15.4. The molecular formula is C18H21N7O4. The molecule has 4 rings (SSSR count). The third kappa shape index (κ3) is 4.81. The van der Waals surface area contributed by atoms with Gasteiger partial charge in [-0.2, -0.15) is 4.98 Å². The first kappa shape index (κ1) is 19.2. The summed E-state index contributed by atoms with van der Waals surface area (Å²) in [5.41, 5.74) is 2.43. The molecule has 3 aromatic rings. The van der Waals surface area contributed by atoms with Crippen LogP contribution in [0.4, 0.5) is 0 Å². The first-order valence-electron chi connectivity index (χ1n) is 9.28. The molecule has 0 bridgehead atoms. The van der Waals surface area contributed by atoms with Crippen molar-refractivity contribution in [3.63, 3.8) is 0 Å². The zero-order valence-corrected chi connectivity index (χ0v) is 16.0. The quantitative estimate of drug-likeness (QED) is 0.560. The van der Waals surface area contributed by atoms with Gasteiger partial charge in [-0.1, -0.05) is 15.5 Å². The summed E-state index contributed by atoms with van der Waals surface area (Å²) in [6.07, 6.45) is 3.31. The van der Waals surface area contributed by atoms with E-state index in [4.69, 9.17) is 13.9 Å². The third-order valence-electron chi connectivity index (χ3n) is 4.70. The van der Waals surface area contributed by atoms with Gasteiger partial charge in [0.05, 0.1) is 0 Å². The monoisotopic (exact) mass is 399 g/mol. The number of nitrogens with zero attached hydrogens (tertiary/aromatic N) is 7. The van der Waals surface area contributed by atoms with Crippen LogP contribution in [0, 0.1) is 6.92 Å². The van der Waals surface area contributed by atoms with Crippen LogP contribution in [-0.4, -0.2) is 73.9 Å². The molecule has 11 heteroatoms. The van der Waals surface area contributed by atoms with E-state index in [9.17, 15) is 4.79 Å². The van der Waals surface area contributed by atoms with E-state index in [0.717, 1.165) is 30.0 Å². The zero-order valence-electron chi connectivity index (χ0n) is 16.0. The maximum absolute atomic E-state index is 12.4. The Morgan fingerprint density at radius 1 is 1.14 bits per heavy atom. The minimum Gasteiger partial charge on any atom is -0.362 e. The van der Waals surface area contributed by atoms with Crippen molar-refractivity contribution in [3.05, 3.63) is 41.8 Å². The smallest absolute Gasteiger partial charge is 0.252 e. The number of hydrogen-bond donors (Lipinski definition) is 0. The van der Waals surface area contributed by atoms with Crippen LogP contribution in [0.3, 0.4) is 0 Å². The molecular weight excluding hydrogens is 378 g/mol. The summed E-state index contributed by atoms with van der Waals surface area (Å²) in [5, 5.41) is 11.6. The fraction of sp³-hybridized carbons (Fsp3) is 0.444. The van der Waals surface area contributed by atoms with Gasteiger partial charge in [-0.25, -0.2) is 4.63 Å². The number of aryl methyl sites for hydroxylation is 1. The van der Waals surface area contributed by atoms with Gasteiger partial charge >= 0.3 is 0 Å². The van der Waals surface area contributed by atoms with Gasteiger partial charge in [0.2, 0.25) is 11.7 Å². The fourth-order valence-corrected chi connectivity index (χ4v) is 3.01. The van der Waals surface area contributed by atoms with Gasteiger partial charge in [0.25, 0.3) is 5.89 Å². The summed E-state index contributed by atoms with van der Waals surface area (Å²) in [4.78, 5) is 24.6. The van der Waals surface area contributed by atoms with Crippen LogP contribution < -0.4 is 0 Å². The number of carbonyl (C=O) groups is 1. The number of carbonyl (C=O) groups excluding carboxylic acids is 1. The van der Waals surface area contributed by atoms with Crippen molar-refractivity contribution in [2.45, 2.75) is 20.1 Å². The average Bonchev–Trinajstić information content (AvgIpc) is 3.38. The SMILES string of the molecule is Cc1nonc1CN1CCN(C(=O)COCc2nc(-c3ccncc3)no2)CC1. The lowest BCUT2D eigenvalue weighted by Crippen LogP contribution is -2.49. The lowest BCUT2D eigenvalue weighted by atomic mass is 10.2. The third-order valence-corrected chi connectivity index (χ3v) is 4.70. The van der Waals surface area contributed by atoms with E-state index in [1.165, 1.54) is 0 Å². The van der Waals surface area contributed by atoms with Crippen molar-refractivity contribution in [1.82, 2.24) is 35.2 Å². The first-order valence-corrected chi connectivity index (χ1v) is 9.28. The zero-order chi connectivity index (χ0) is 20.1. The average molecular weight is 399 g/mol. The molecule has 0 aromatic carbocycles. The molecule has 152 valence electrons. The van der Waals surface area contributed by atoms with E-state index >= 15 is 0 Å². The van der Waals surface area contributed by atoms with E-state index in [2.05, 4.69) is 30.3 Å². The normalized spacial score (nSPS) is 15.0. The highest BCUT2D eigenvalue weighted by Crippen LogP contribution is 2.14. The molecule has 0 radical (unpaired) electrons. The highest BCUT2D eigenvalue weighted by Gasteiger charge is 2.22. The number of piperazine rings is 1. The summed E-state index contributed by atoms with van der Waals surface area (Å²) in [6, 6.07) is 3.58. The van der Waals surface area contributed by atoms with Crippen LogP contribution in [0.1, 0.15) is 17.3 Å². The maximum atomic E-state index is 12.4. The van der Waals surface area contributed by atoms with Crippen molar-refractivity contribution < 1.29 is 18.7 Å². The summed E-state index contributed by atoms with van der Waals surface area (Å²) in [7, 11) is 0. The van der Waals surface area contributed by atoms with Gasteiger partial charge in [-0.05, 0) is 19.1 Å². The Hall–Kier alpha value is -3.18. The lowest BCUT2D eigenvalue weighted by molar-refractivity contribution is -0.138. The molecule has 29 heavy (non-hydrogen) atoms. The number of pyridine rings is 1. The van der Waals surface area contributed by atoms with Gasteiger partial charge in [0.15, 0.2) is 0 Å². The minimum atomic E-state index is -0.0576. The molecule has 1 fully saturated rings. The molecule has 1 amide bonds.